The first-order valence-corrected chi connectivity index (χ1v) is 9.04. The lowest BCUT2D eigenvalue weighted by molar-refractivity contribution is 0.0880. The molecule has 1 aromatic heterocycles. The summed E-state index contributed by atoms with van der Waals surface area (Å²) >= 11 is 0. The standard InChI is InChI=1S/C17H11N3O6S/c18-15-14-11(16(22)19-17(14)23)7-13(21)20(15)9-4-5-10-8(6-9)2-1-3-12(10)27(24,25)26/h1-7H,18H2,(H,19,22,23)(H,24,25,26). The van der Waals surface area contributed by atoms with Gasteiger partial charge in [-0.3, -0.25) is 28.8 Å². The first kappa shape index (κ1) is 16.9. The molecule has 1 aliphatic rings. The molecule has 136 valence electrons. The van der Waals surface area contributed by atoms with Crippen LogP contribution in [0.3, 0.4) is 0 Å². The van der Waals surface area contributed by atoms with Crippen LogP contribution < -0.4 is 16.6 Å². The van der Waals surface area contributed by atoms with Crippen molar-refractivity contribution in [1.82, 2.24) is 9.88 Å². The van der Waals surface area contributed by atoms with Crippen LogP contribution >= 0.6 is 0 Å². The molecule has 0 radical (unpaired) electrons. The summed E-state index contributed by atoms with van der Waals surface area (Å²) in [6.07, 6.45) is 0. The van der Waals surface area contributed by atoms with E-state index in [0.717, 1.165) is 10.6 Å². The van der Waals surface area contributed by atoms with E-state index < -0.39 is 27.5 Å². The van der Waals surface area contributed by atoms with Crippen molar-refractivity contribution >= 4 is 38.5 Å². The number of nitrogens with zero attached hydrogens (tertiary/aromatic N) is 1. The van der Waals surface area contributed by atoms with Crippen LogP contribution in [-0.2, 0) is 10.1 Å². The Kier molecular flexibility index (Phi) is 3.45. The van der Waals surface area contributed by atoms with Crippen molar-refractivity contribution in [2.75, 3.05) is 5.73 Å². The number of fused-ring (bicyclic) bond motifs is 2. The molecule has 2 amide bonds. The van der Waals surface area contributed by atoms with Crippen molar-refractivity contribution in [3.63, 3.8) is 0 Å². The van der Waals surface area contributed by atoms with Crippen LogP contribution in [-0.4, -0.2) is 29.4 Å². The molecule has 0 saturated heterocycles. The van der Waals surface area contributed by atoms with Crippen molar-refractivity contribution < 1.29 is 22.6 Å². The van der Waals surface area contributed by atoms with Gasteiger partial charge in [0.15, 0.2) is 0 Å². The molecule has 0 aliphatic carbocycles. The highest BCUT2D eigenvalue weighted by Crippen LogP contribution is 2.27. The summed E-state index contributed by atoms with van der Waals surface area (Å²) in [6, 6.07) is 9.64. The fourth-order valence-electron chi connectivity index (χ4n) is 3.15. The number of hydrogen-bond acceptors (Lipinski definition) is 6. The number of pyridine rings is 1. The summed E-state index contributed by atoms with van der Waals surface area (Å²) in [4.78, 5) is 35.9. The second-order valence-electron chi connectivity index (χ2n) is 5.91. The van der Waals surface area contributed by atoms with E-state index >= 15 is 0 Å². The number of imide groups is 1. The fourth-order valence-corrected chi connectivity index (χ4v) is 3.87. The highest BCUT2D eigenvalue weighted by Gasteiger charge is 2.31. The van der Waals surface area contributed by atoms with Gasteiger partial charge in [-0.05, 0) is 23.6 Å². The van der Waals surface area contributed by atoms with Crippen molar-refractivity contribution in [2.24, 2.45) is 0 Å². The molecule has 3 aromatic rings. The smallest absolute Gasteiger partial charge is 0.295 e. The summed E-state index contributed by atoms with van der Waals surface area (Å²) in [5, 5.41) is 2.76. The van der Waals surface area contributed by atoms with Crippen LogP contribution in [0.4, 0.5) is 5.82 Å². The maximum absolute atomic E-state index is 12.5. The van der Waals surface area contributed by atoms with Crippen molar-refractivity contribution in [3.8, 4) is 5.69 Å². The monoisotopic (exact) mass is 385 g/mol. The molecule has 0 unspecified atom stereocenters. The number of aromatic nitrogens is 1. The van der Waals surface area contributed by atoms with Gasteiger partial charge in [-0.25, -0.2) is 0 Å². The van der Waals surface area contributed by atoms with Crippen molar-refractivity contribution in [3.05, 3.63) is 63.9 Å². The third kappa shape index (κ3) is 2.50. The molecule has 4 rings (SSSR count). The molecule has 2 aromatic carbocycles. The van der Waals surface area contributed by atoms with Crippen LogP contribution in [0.25, 0.3) is 16.5 Å². The van der Waals surface area contributed by atoms with Gasteiger partial charge < -0.3 is 5.73 Å². The van der Waals surface area contributed by atoms with Crippen molar-refractivity contribution in [2.45, 2.75) is 4.90 Å². The highest BCUT2D eigenvalue weighted by molar-refractivity contribution is 7.86. The topological polar surface area (TPSA) is 149 Å². The van der Waals surface area contributed by atoms with Gasteiger partial charge in [0.1, 0.15) is 10.7 Å². The summed E-state index contributed by atoms with van der Waals surface area (Å²) in [7, 11) is -4.43. The predicted molar refractivity (Wildman–Crippen MR) is 95.6 cm³/mol. The van der Waals surface area contributed by atoms with Gasteiger partial charge in [0.2, 0.25) is 0 Å². The predicted octanol–water partition coefficient (Wildman–Crippen LogP) is 0.703. The molecule has 2 heterocycles. The fraction of sp³-hybridized carbons (Fsp3) is 0. The Morgan fingerprint density at radius 2 is 1.74 bits per heavy atom. The molecule has 10 heteroatoms. The zero-order chi connectivity index (χ0) is 19.5. The summed E-state index contributed by atoms with van der Waals surface area (Å²) in [6.45, 7) is 0. The lowest BCUT2D eigenvalue weighted by atomic mass is 10.1. The number of hydrogen-bond donors (Lipinski definition) is 3. The molecular formula is C17H11N3O6S. The van der Waals surface area contributed by atoms with E-state index in [9.17, 15) is 27.4 Å². The lowest BCUT2D eigenvalue weighted by Crippen LogP contribution is -2.24. The van der Waals surface area contributed by atoms with Gasteiger partial charge in [0, 0.05) is 11.5 Å². The highest BCUT2D eigenvalue weighted by atomic mass is 32.2. The Balaban J connectivity index is 2.00. The van der Waals surface area contributed by atoms with Gasteiger partial charge in [0.05, 0.1) is 16.8 Å². The molecule has 0 atom stereocenters. The molecule has 9 nitrogen and oxygen atoms in total. The number of nitrogens with two attached hydrogens (primary N) is 1. The minimum Gasteiger partial charge on any atom is -0.384 e. The van der Waals surface area contributed by atoms with Crippen LogP contribution in [0.2, 0.25) is 0 Å². The number of carbonyl (C=O) groups is 2. The number of benzene rings is 2. The summed E-state index contributed by atoms with van der Waals surface area (Å²) in [5.74, 6) is -1.59. The molecule has 4 N–H and O–H groups in total. The number of carbonyl (C=O) groups excluding carboxylic acids is 2. The molecule has 1 aliphatic heterocycles. The number of anilines is 1. The first-order chi connectivity index (χ1) is 12.7. The largest absolute Gasteiger partial charge is 0.384 e. The SMILES string of the molecule is Nc1c2c(cc(=O)n1-c1ccc3c(S(=O)(=O)O)cccc3c1)C(=O)NC2=O. The molecule has 0 bridgehead atoms. The minimum atomic E-state index is -4.43. The molecule has 27 heavy (non-hydrogen) atoms. The van der Waals surface area contributed by atoms with E-state index in [0.29, 0.717) is 5.39 Å². The Bertz CT molecular complexity index is 1340. The summed E-state index contributed by atoms with van der Waals surface area (Å²) in [5.41, 5.74) is 5.44. The number of amides is 2. The Morgan fingerprint density at radius 3 is 2.44 bits per heavy atom. The van der Waals surface area contributed by atoms with E-state index in [1.54, 1.807) is 6.07 Å². The number of rotatable bonds is 2. The van der Waals surface area contributed by atoms with Crippen LogP contribution in [0.15, 0.2) is 52.2 Å². The normalized spacial score (nSPS) is 13.7. The number of nitrogens with one attached hydrogen (secondary N) is 1. The lowest BCUT2D eigenvalue weighted by Gasteiger charge is -2.13. The van der Waals surface area contributed by atoms with E-state index in [-0.39, 0.29) is 32.9 Å². The van der Waals surface area contributed by atoms with Crippen LogP contribution in [0.1, 0.15) is 20.7 Å². The third-order valence-corrected chi connectivity index (χ3v) is 5.23. The van der Waals surface area contributed by atoms with E-state index in [1.807, 2.05) is 0 Å². The average molecular weight is 385 g/mol. The molecular weight excluding hydrogens is 374 g/mol. The quantitative estimate of drug-likeness (QED) is 0.434. The second kappa shape index (κ2) is 5.50. The van der Waals surface area contributed by atoms with E-state index in [1.165, 1.54) is 30.3 Å². The molecule has 0 fully saturated rings. The van der Waals surface area contributed by atoms with Crippen LogP contribution in [0, 0.1) is 0 Å². The zero-order valence-corrected chi connectivity index (χ0v) is 14.3. The van der Waals surface area contributed by atoms with E-state index in [4.69, 9.17) is 5.73 Å². The van der Waals surface area contributed by atoms with Crippen LogP contribution in [0.5, 0.6) is 0 Å². The van der Waals surface area contributed by atoms with Crippen molar-refractivity contribution in [1.29, 1.82) is 0 Å². The third-order valence-electron chi connectivity index (χ3n) is 4.31. The Labute approximate surface area is 151 Å². The van der Waals surface area contributed by atoms with Gasteiger partial charge in [0.25, 0.3) is 27.5 Å². The average Bonchev–Trinajstić information content (AvgIpc) is 2.87. The van der Waals surface area contributed by atoms with Gasteiger partial charge in [-0.2, -0.15) is 8.42 Å². The molecule has 0 saturated carbocycles. The first-order valence-electron chi connectivity index (χ1n) is 7.60. The maximum atomic E-state index is 12.5. The van der Waals surface area contributed by atoms with Gasteiger partial charge in [-0.1, -0.05) is 18.2 Å². The Hall–Kier alpha value is -3.50. The summed E-state index contributed by atoms with van der Waals surface area (Å²) < 4.78 is 33.4. The minimum absolute atomic E-state index is 0.0896. The zero-order valence-electron chi connectivity index (χ0n) is 13.5. The Morgan fingerprint density at radius 1 is 1.00 bits per heavy atom. The molecule has 0 spiro atoms. The van der Waals surface area contributed by atoms with Gasteiger partial charge in [-0.15, -0.1) is 0 Å². The van der Waals surface area contributed by atoms with Gasteiger partial charge >= 0.3 is 0 Å². The maximum Gasteiger partial charge on any atom is 0.295 e. The van der Waals surface area contributed by atoms with E-state index in [2.05, 4.69) is 5.32 Å². The second-order valence-corrected chi connectivity index (χ2v) is 7.30. The number of nitrogen functional groups attached to an aromatic ring is 1.